The Bertz CT molecular complexity index is 751. The van der Waals surface area contributed by atoms with Gasteiger partial charge in [0, 0.05) is 0 Å². The van der Waals surface area contributed by atoms with Crippen LogP contribution in [0.4, 0.5) is 5.82 Å². The van der Waals surface area contributed by atoms with Crippen LogP contribution in [0.5, 0.6) is 5.75 Å². The van der Waals surface area contributed by atoms with Crippen LogP contribution in [0.3, 0.4) is 0 Å². The van der Waals surface area contributed by atoms with Crippen molar-refractivity contribution in [1.29, 1.82) is 0 Å². The lowest BCUT2D eigenvalue weighted by atomic mass is 10.2. The number of hydrogen-bond acceptors (Lipinski definition) is 6. The van der Waals surface area contributed by atoms with Gasteiger partial charge in [-0.1, -0.05) is 12.1 Å². The van der Waals surface area contributed by atoms with Crippen LogP contribution in [0, 0.1) is 0 Å². The van der Waals surface area contributed by atoms with E-state index in [1.54, 1.807) is 23.9 Å². The number of anilines is 1. The quantitative estimate of drug-likeness (QED) is 0.574. The van der Waals surface area contributed by atoms with E-state index in [9.17, 15) is 0 Å². The summed E-state index contributed by atoms with van der Waals surface area (Å²) in [7, 11) is 1.63. The lowest BCUT2D eigenvalue weighted by Gasteiger charge is -2.01. The number of rotatable bonds is 4. The van der Waals surface area contributed by atoms with Gasteiger partial charge >= 0.3 is 0 Å². The van der Waals surface area contributed by atoms with Gasteiger partial charge in [-0.05, 0) is 29.8 Å². The van der Waals surface area contributed by atoms with Gasteiger partial charge in [0.15, 0.2) is 11.5 Å². The van der Waals surface area contributed by atoms with E-state index >= 15 is 0 Å². The molecule has 0 spiro atoms. The minimum absolute atomic E-state index is 0.608. The van der Waals surface area contributed by atoms with Crippen molar-refractivity contribution in [3.63, 3.8) is 0 Å². The molecule has 0 bridgehead atoms. The molecule has 2 aromatic heterocycles. The van der Waals surface area contributed by atoms with E-state index in [1.807, 2.05) is 30.3 Å². The Hall–Kier alpha value is -2.96. The summed E-state index contributed by atoms with van der Waals surface area (Å²) in [4.78, 5) is 0. The number of aromatic nitrogens is 4. The smallest absolute Gasteiger partial charge is 0.177 e. The Kier molecular flexibility index (Phi) is 3.24. The summed E-state index contributed by atoms with van der Waals surface area (Å²) >= 11 is 0. The van der Waals surface area contributed by atoms with E-state index in [-0.39, 0.29) is 0 Å². The summed E-state index contributed by atoms with van der Waals surface area (Å²) in [6, 6.07) is 11.2. The van der Waals surface area contributed by atoms with Crippen LogP contribution in [0.25, 0.3) is 5.65 Å². The van der Waals surface area contributed by atoms with Gasteiger partial charge in [-0.2, -0.15) is 9.62 Å². The van der Waals surface area contributed by atoms with Crippen LogP contribution in [0.15, 0.2) is 47.8 Å². The highest BCUT2D eigenvalue weighted by Crippen LogP contribution is 2.11. The van der Waals surface area contributed by atoms with Crippen LogP contribution in [0.1, 0.15) is 5.56 Å². The van der Waals surface area contributed by atoms with Crippen molar-refractivity contribution in [2.75, 3.05) is 12.5 Å². The Morgan fingerprint density at radius 1 is 1.30 bits per heavy atom. The lowest BCUT2D eigenvalue weighted by molar-refractivity contribution is 0.415. The SMILES string of the molecule is COc1cccc(/C=N/Nc2ccc3nncn3n2)c1. The van der Waals surface area contributed by atoms with Gasteiger partial charge in [-0.3, -0.25) is 5.43 Å². The molecule has 20 heavy (non-hydrogen) atoms. The molecule has 0 atom stereocenters. The van der Waals surface area contributed by atoms with Crippen molar-refractivity contribution in [2.24, 2.45) is 5.10 Å². The van der Waals surface area contributed by atoms with Gasteiger partial charge in [-0.25, -0.2) is 0 Å². The largest absolute Gasteiger partial charge is 0.497 e. The fourth-order valence-corrected chi connectivity index (χ4v) is 1.68. The van der Waals surface area contributed by atoms with Crippen LogP contribution in [-0.4, -0.2) is 33.1 Å². The summed E-state index contributed by atoms with van der Waals surface area (Å²) in [5, 5.41) is 16.0. The molecule has 3 rings (SSSR count). The summed E-state index contributed by atoms with van der Waals surface area (Å²) in [5.74, 6) is 1.40. The van der Waals surface area contributed by atoms with Crippen molar-refractivity contribution in [2.45, 2.75) is 0 Å². The molecule has 100 valence electrons. The van der Waals surface area contributed by atoms with Gasteiger partial charge in [0.05, 0.1) is 13.3 Å². The standard InChI is InChI=1S/C13H12N6O/c1-20-11-4-2-3-10(7-11)8-14-16-12-5-6-13-17-15-9-19(13)18-12/h2-9H,1H3,(H,16,18)/b14-8+. The first-order valence-corrected chi connectivity index (χ1v) is 5.95. The highest BCUT2D eigenvalue weighted by molar-refractivity contribution is 5.80. The van der Waals surface area contributed by atoms with E-state index in [2.05, 4.69) is 25.8 Å². The number of ether oxygens (including phenoxy) is 1. The first-order valence-electron chi connectivity index (χ1n) is 5.95. The van der Waals surface area contributed by atoms with Gasteiger partial charge in [0.25, 0.3) is 0 Å². The molecule has 0 radical (unpaired) electrons. The average molecular weight is 268 g/mol. The molecule has 7 heteroatoms. The fraction of sp³-hybridized carbons (Fsp3) is 0.0769. The maximum absolute atomic E-state index is 5.15. The summed E-state index contributed by atoms with van der Waals surface area (Å²) in [6.45, 7) is 0. The molecule has 2 heterocycles. The van der Waals surface area contributed by atoms with Crippen molar-refractivity contribution in [3.8, 4) is 5.75 Å². The number of nitrogens with zero attached hydrogens (tertiary/aromatic N) is 5. The van der Waals surface area contributed by atoms with Crippen LogP contribution in [-0.2, 0) is 0 Å². The molecule has 0 unspecified atom stereocenters. The van der Waals surface area contributed by atoms with Gasteiger partial charge in [-0.15, -0.1) is 15.3 Å². The van der Waals surface area contributed by atoms with E-state index in [0.717, 1.165) is 11.3 Å². The Morgan fingerprint density at radius 2 is 2.25 bits per heavy atom. The Balaban J connectivity index is 1.72. The maximum atomic E-state index is 5.15. The minimum atomic E-state index is 0.608. The van der Waals surface area contributed by atoms with Gasteiger partial charge < -0.3 is 4.74 Å². The first kappa shape index (κ1) is 12.1. The highest BCUT2D eigenvalue weighted by atomic mass is 16.5. The molecule has 0 amide bonds. The second-order valence-electron chi connectivity index (χ2n) is 4.00. The van der Waals surface area contributed by atoms with E-state index in [4.69, 9.17) is 4.74 Å². The summed E-state index contributed by atoms with van der Waals surface area (Å²) in [5.41, 5.74) is 4.47. The van der Waals surface area contributed by atoms with Crippen molar-refractivity contribution < 1.29 is 4.74 Å². The minimum Gasteiger partial charge on any atom is -0.497 e. The molecule has 0 aliphatic rings. The molecule has 0 fully saturated rings. The van der Waals surface area contributed by atoms with Crippen molar-refractivity contribution in [3.05, 3.63) is 48.3 Å². The molecule has 1 aromatic carbocycles. The van der Waals surface area contributed by atoms with E-state index < -0.39 is 0 Å². The molecule has 3 aromatic rings. The number of methoxy groups -OCH3 is 1. The third kappa shape index (κ3) is 2.56. The second-order valence-corrected chi connectivity index (χ2v) is 4.00. The Morgan fingerprint density at radius 3 is 3.15 bits per heavy atom. The van der Waals surface area contributed by atoms with Crippen molar-refractivity contribution >= 4 is 17.7 Å². The molecule has 7 nitrogen and oxygen atoms in total. The summed E-state index contributed by atoms with van der Waals surface area (Å²) in [6.07, 6.45) is 3.23. The molecular formula is C13H12N6O. The van der Waals surface area contributed by atoms with Crippen LogP contribution >= 0.6 is 0 Å². The number of fused-ring (bicyclic) bond motifs is 1. The fourth-order valence-electron chi connectivity index (χ4n) is 1.68. The molecule has 0 saturated heterocycles. The van der Waals surface area contributed by atoms with E-state index in [1.165, 1.54) is 6.33 Å². The molecule has 1 N–H and O–H groups in total. The zero-order chi connectivity index (χ0) is 13.8. The van der Waals surface area contributed by atoms with Crippen LogP contribution < -0.4 is 10.2 Å². The third-order valence-electron chi connectivity index (χ3n) is 2.65. The predicted octanol–water partition coefficient (Wildman–Crippen LogP) is 1.58. The number of benzene rings is 1. The van der Waals surface area contributed by atoms with Gasteiger partial charge in [0.1, 0.15) is 12.1 Å². The van der Waals surface area contributed by atoms with Crippen molar-refractivity contribution in [1.82, 2.24) is 19.8 Å². The van der Waals surface area contributed by atoms with E-state index in [0.29, 0.717) is 11.5 Å². The Labute approximate surface area is 114 Å². The molecule has 0 saturated carbocycles. The van der Waals surface area contributed by atoms with Gasteiger partial charge in [0.2, 0.25) is 0 Å². The molecule has 0 aliphatic carbocycles. The predicted molar refractivity (Wildman–Crippen MR) is 75.0 cm³/mol. The lowest BCUT2D eigenvalue weighted by Crippen LogP contribution is -1.98. The average Bonchev–Trinajstić information content (AvgIpc) is 2.95. The highest BCUT2D eigenvalue weighted by Gasteiger charge is 1.97. The normalized spacial score (nSPS) is 11.1. The monoisotopic (exact) mass is 268 g/mol. The number of hydrazone groups is 1. The molecule has 0 aliphatic heterocycles. The number of nitrogens with one attached hydrogen (secondary N) is 1. The maximum Gasteiger partial charge on any atom is 0.177 e. The topological polar surface area (TPSA) is 76.7 Å². The first-order chi connectivity index (χ1) is 9.85. The number of hydrogen-bond donors (Lipinski definition) is 1. The zero-order valence-electron chi connectivity index (χ0n) is 10.8. The third-order valence-corrected chi connectivity index (χ3v) is 2.65. The second kappa shape index (κ2) is 5.35. The summed E-state index contributed by atoms with van der Waals surface area (Å²) < 4.78 is 6.72. The molecular weight excluding hydrogens is 256 g/mol. The van der Waals surface area contributed by atoms with Crippen LogP contribution in [0.2, 0.25) is 0 Å². The zero-order valence-corrected chi connectivity index (χ0v) is 10.8.